The molecule has 0 spiro atoms. The highest BCUT2D eigenvalue weighted by Crippen LogP contribution is 1.96. The molecular weight excluding hydrogens is 96.1 g/mol. The van der Waals surface area contributed by atoms with Gasteiger partial charge in [0.1, 0.15) is 0 Å². The number of benzene rings is 1. The van der Waals surface area contributed by atoms with Crippen LogP contribution < -0.4 is 0 Å². The van der Waals surface area contributed by atoms with Crippen LogP contribution in [0.3, 0.4) is 0 Å². The zero-order chi connectivity index (χ0) is 6.53. The average Bonchev–Trinajstić information content (AvgIpc) is 1.91. The lowest BCUT2D eigenvalue weighted by Crippen LogP contribution is -1.73. The van der Waals surface area contributed by atoms with E-state index in [1.54, 1.807) is 0 Å². The summed E-state index contributed by atoms with van der Waals surface area (Å²) in [5, 5.41) is 0. The summed E-state index contributed by atoms with van der Waals surface area (Å²) in [7, 11) is 0. The molecule has 0 nitrogen and oxygen atoms in total. The molecule has 8 heavy (non-hydrogen) atoms. The van der Waals surface area contributed by atoms with Crippen LogP contribution in [0, 0.1) is 0 Å². The van der Waals surface area contributed by atoms with E-state index in [-0.39, 0.29) is 0 Å². The van der Waals surface area contributed by atoms with Crippen molar-refractivity contribution in [2.75, 3.05) is 0 Å². The van der Waals surface area contributed by atoms with Gasteiger partial charge in [0.25, 0.3) is 0 Å². The number of aryl methyl sites for hydroxylation is 1. The van der Waals surface area contributed by atoms with E-state index < -0.39 is 0 Å². The van der Waals surface area contributed by atoms with Crippen molar-refractivity contribution in [2.45, 2.75) is 13.3 Å². The summed E-state index contributed by atoms with van der Waals surface area (Å²) >= 11 is 0. The summed E-state index contributed by atoms with van der Waals surface area (Å²) < 4.78 is 6.94. The third-order valence-corrected chi connectivity index (χ3v) is 1.13. The van der Waals surface area contributed by atoms with E-state index in [1.807, 2.05) is 18.2 Å². The lowest BCUT2D eigenvalue weighted by Gasteiger charge is -1.89. The van der Waals surface area contributed by atoms with Crippen molar-refractivity contribution >= 4 is 0 Å². The molecule has 1 aromatic rings. The van der Waals surface area contributed by atoms with E-state index in [1.165, 1.54) is 5.56 Å². The lowest BCUT2D eigenvalue weighted by atomic mass is 10.2. The molecule has 0 radical (unpaired) electrons. The normalized spacial score (nSPS) is 10.8. The van der Waals surface area contributed by atoms with Gasteiger partial charge in [-0.25, -0.2) is 0 Å². The second kappa shape index (κ2) is 2.51. The number of hydrogen-bond donors (Lipinski definition) is 0. The van der Waals surface area contributed by atoms with E-state index in [4.69, 9.17) is 1.37 Å². The van der Waals surface area contributed by atoms with Crippen LogP contribution in [0.1, 0.15) is 13.8 Å². The minimum absolute atomic E-state index is 0.490. The Kier molecular flexibility index (Phi) is 1.30. The van der Waals surface area contributed by atoms with Crippen LogP contribution in [0.5, 0.6) is 0 Å². The molecule has 0 heteroatoms. The van der Waals surface area contributed by atoms with Crippen molar-refractivity contribution in [3.05, 3.63) is 35.9 Å². The van der Waals surface area contributed by atoms with Crippen LogP contribution in [0.25, 0.3) is 0 Å². The predicted octanol–water partition coefficient (Wildman–Crippen LogP) is 2.25. The van der Waals surface area contributed by atoms with Gasteiger partial charge in [0.2, 0.25) is 0 Å². The first-order chi connectivity index (χ1) is 4.43. The first-order valence-corrected chi connectivity index (χ1v) is 2.76. The maximum atomic E-state index is 6.94. The maximum absolute atomic E-state index is 6.94. The molecule has 42 valence electrons. The van der Waals surface area contributed by atoms with Gasteiger partial charge >= 0.3 is 0 Å². The smallest absolute Gasteiger partial charge is 0.0234 e. The molecule has 0 aliphatic carbocycles. The summed E-state index contributed by atoms with van der Waals surface area (Å²) in [6, 6.07) is 10.1. The molecule has 0 aliphatic rings. The molecule has 0 fully saturated rings. The third-order valence-electron chi connectivity index (χ3n) is 1.13. The zero-order valence-corrected chi connectivity index (χ0v) is 4.80. The van der Waals surface area contributed by atoms with Gasteiger partial charge in [0.05, 0.1) is 0 Å². The molecule has 0 bridgehead atoms. The Labute approximate surface area is 51.6 Å². The molecule has 0 saturated carbocycles. The van der Waals surface area contributed by atoms with Crippen molar-refractivity contribution in [1.82, 2.24) is 0 Å². The Hall–Kier alpha value is -0.780. The highest BCUT2D eigenvalue weighted by Gasteiger charge is 1.79. The van der Waals surface area contributed by atoms with Crippen LogP contribution >= 0.6 is 0 Å². The van der Waals surface area contributed by atoms with Gasteiger partial charge in [0.15, 0.2) is 0 Å². The van der Waals surface area contributed by atoms with Crippen LogP contribution in [-0.4, -0.2) is 0 Å². The fourth-order valence-electron chi connectivity index (χ4n) is 0.645. The van der Waals surface area contributed by atoms with Crippen molar-refractivity contribution in [1.29, 1.82) is 0 Å². The monoisotopic (exact) mass is 107 g/mol. The first-order valence-electron chi connectivity index (χ1n) is 3.47. The fraction of sp³-hybridized carbons (Fsp3) is 0.250. The van der Waals surface area contributed by atoms with Gasteiger partial charge in [-0.05, 0) is 12.0 Å². The zero-order valence-electron chi connectivity index (χ0n) is 5.80. The predicted molar refractivity (Wildman–Crippen MR) is 35.8 cm³/mol. The summed E-state index contributed by atoms with van der Waals surface area (Å²) in [6.07, 6.45) is 0.876. The van der Waals surface area contributed by atoms with E-state index in [0.29, 0.717) is 6.90 Å². The van der Waals surface area contributed by atoms with Gasteiger partial charge in [-0.15, -0.1) is 0 Å². The summed E-state index contributed by atoms with van der Waals surface area (Å²) in [4.78, 5) is 0. The molecular formula is C8H10. The molecule has 0 aromatic heterocycles. The quantitative estimate of drug-likeness (QED) is 0.516. The number of rotatable bonds is 1. The number of hydrogen-bond acceptors (Lipinski definition) is 0. The van der Waals surface area contributed by atoms with Crippen molar-refractivity contribution in [3.63, 3.8) is 0 Å². The van der Waals surface area contributed by atoms with Gasteiger partial charge in [-0.2, -0.15) is 0 Å². The Morgan fingerprint density at radius 2 is 2.12 bits per heavy atom. The van der Waals surface area contributed by atoms with Gasteiger partial charge in [0, 0.05) is 1.37 Å². The molecule has 0 heterocycles. The largest absolute Gasteiger partial charge is 0.0622 e. The Balaban J connectivity index is 2.61. The van der Waals surface area contributed by atoms with Gasteiger partial charge < -0.3 is 0 Å². The summed E-state index contributed by atoms with van der Waals surface area (Å²) in [5.74, 6) is 0. The molecule has 1 rings (SSSR count). The highest BCUT2D eigenvalue weighted by atomic mass is 13.9. The molecule has 0 unspecified atom stereocenters. The van der Waals surface area contributed by atoms with Gasteiger partial charge in [-0.3, -0.25) is 0 Å². The second-order valence-corrected chi connectivity index (χ2v) is 1.74. The van der Waals surface area contributed by atoms with Crippen LogP contribution in [0.15, 0.2) is 30.3 Å². The molecule has 0 N–H and O–H groups in total. The standard InChI is InChI=1S/C8H10/c1-2-8-6-4-3-5-7-8/h3-7H,2H2,1H3/i1D. The SMILES string of the molecule is [2H]CCc1ccccc1. The third kappa shape index (κ3) is 1.09. The average molecular weight is 107 g/mol. The lowest BCUT2D eigenvalue weighted by molar-refractivity contribution is 1.14. The summed E-state index contributed by atoms with van der Waals surface area (Å²) in [6.45, 7) is 0.490. The van der Waals surface area contributed by atoms with Crippen LogP contribution in [0.2, 0.25) is 0 Å². The Morgan fingerprint density at radius 1 is 1.38 bits per heavy atom. The molecule has 0 aliphatic heterocycles. The maximum Gasteiger partial charge on any atom is 0.0234 e. The van der Waals surface area contributed by atoms with Crippen molar-refractivity contribution in [3.8, 4) is 0 Å². The van der Waals surface area contributed by atoms with Crippen molar-refractivity contribution in [2.24, 2.45) is 0 Å². The molecule has 0 atom stereocenters. The second-order valence-electron chi connectivity index (χ2n) is 1.74. The van der Waals surface area contributed by atoms with E-state index >= 15 is 0 Å². The Morgan fingerprint density at radius 3 is 2.75 bits per heavy atom. The van der Waals surface area contributed by atoms with E-state index in [2.05, 4.69) is 12.1 Å². The van der Waals surface area contributed by atoms with Crippen LogP contribution in [0.4, 0.5) is 0 Å². The summed E-state index contributed by atoms with van der Waals surface area (Å²) in [5.41, 5.74) is 1.26. The first kappa shape index (κ1) is 4.13. The van der Waals surface area contributed by atoms with Crippen molar-refractivity contribution < 1.29 is 1.37 Å². The molecule has 0 amide bonds. The minimum atomic E-state index is 0.490. The molecule has 0 saturated heterocycles. The van der Waals surface area contributed by atoms with E-state index in [9.17, 15) is 0 Å². The van der Waals surface area contributed by atoms with E-state index in [0.717, 1.165) is 6.42 Å². The van der Waals surface area contributed by atoms with Crippen LogP contribution in [-0.2, 0) is 6.42 Å². The van der Waals surface area contributed by atoms with Gasteiger partial charge in [-0.1, -0.05) is 37.2 Å². The minimum Gasteiger partial charge on any atom is -0.0622 e. The topological polar surface area (TPSA) is 0 Å². The fourth-order valence-corrected chi connectivity index (χ4v) is 0.645. The highest BCUT2D eigenvalue weighted by molar-refractivity contribution is 5.13. The Bertz CT molecular complexity index is 157. The molecule has 1 aromatic carbocycles.